The zero-order chi connectivity index (χ0) is 19.4. The zero-order valence-electron chi connectivity index (χ0n) is 15.0. The van der Waals surface area contributed by atoms with Gasteiger partial charge in [0, 0.05) is 6.04 Å². The van der Waals surface area contributed by atoms with E-state index in [1.165, 1.54) is 25.7 Å². The van der Waals surface area contributed by atoms with E-state index in [0.717, 1.165) is 31.7 Å². The maximum Gasteiger partial charge on any atom is 0.335 e. The van der Waals surface area contributed by atoms with Crippen molar-refractivity contribution in [2.24, 2.45) is 0 Å². The van der Waals surface area contributed by atoms with Gasteiger partial charge in [-0.15, -0.1) is 10.2 Å². The number of carboxylic acid groups (broad SMARTS) is 1. The van der Waals surface area contributed by atoms with Gasteiger partial charge >= 0.3 is 5.97 Å². The fourth-order valence-corrected chi connectivity index (χ4v) is 4.49. The van der Waals surface area contributed by atoms with Crippen LogP contribution in [0, 0.1) is 0 Å². The molecule has 146 valence electrons. The quantitative estimate of drug-likeness (QED) is 0.736. The SMILES string of the molecule is COc1ccc(C(=O)O)cc1S(=O)(=O)NCc1nncn1C1CCCCC1. The minimum absolute atomic E-state index is 0.0424. The van der Waals surface area contributed by atoms with Crippen molar-refractivity contribution in [1.29, 1.82) is 0 Å². The molecule has 3 rings (SSSR count). The number of hydrogen-bond acceptors (Lipinski definition) is 6. The number of aromatic nitrogens is 3. The van der Waals surface area contributed by atoms with Crippen molar-refractivity contribution in [3.63, 3.8) is 0 Å². The summed E-state index contributed by atoms with van der Waals surface area (Å²) in [5.41, 5.74) is -0.137. The van der Waals surface area contributed by atoms with Crippen LogP contribution in [0.4, 0.5) is 0 Å². The zero-order valence-corrected chi connectivity index (χ0v) is 15.8. The van der Waals surface area contributed by atoms with Crippen LogP contribution in [0.1, 0.15) is 54.3 Å². The predicted octanol–water partition coefficient (Wildman–Crippen LogP) is 1.97. The van der Waals surface area contributed by atoms with E-state index in [1.807, 2.05) is 4.57 Å². The smallest absolute Gasteiger partial charge is 0.335 e. The third-order valence-corrected chi connectivity index (χ3v) is 6.16. The molecule has 1 saturated carbocycles. The number of carbonyl (C=O) groups is 1. The van der Waals surface area contributed by atoms with Crippen LogP contribution in [0.5, 0.6) is 5.75 Å². The molecule has 1 fully saturated rings. The Balaban J connectivity index is 1.81. The molecule has 0 atom stereocenters. The van der Waals surface area contributed by atoms with E-state index in [9.17, 15) is 13.2 Å². The monoisotopic (exact) mass is 394 g/mol. The van der Waals surface area contributed by atoms with Gasteiger partial charge in [-0.2, -0.15) is 0 Å². The number of nitrogens with zero attached hydrogens (tertiary/aromatic N) is 3. The van der Waals surface area contributed by atoms with Crippen LogP contribution < -0.4 is 9.46 Å². The Morgan fingerprint density at radius 2 is 2.07 bits per heavy atom. The van der Waals surface area contributed by atoms with Gasteiger partial charge in [0.05, 0.1) is 19.2 Å². The number of hydrogen-bond donors (Lipinski definition) is 2. The number of aromatic carboxylic acids is 1. The van der Waals surface area contributed by atoms with Gasteiger partial charge in [-0.3, -0.25) is 0 Å². The lowest BCUT2D eigenvalue weighted by Crippen LogP contribution is -2.27. The van der Waals surface area contributed by atoms with Crippen LogP contribution in [0.3, 0.4) is 0 Å². The summed E-state index contributed by atoms with van der Waals surface area (Å²) >= 11 is 0. The van der Waals surface area contributed by atoms with E-state index in [2.05, 4.69) is 14.9 Å². The van der Waals surface area contributed by atoms with Crippen molar-refractivity contribution in [3.05, 3.63) is 35.9 Å². The van der Waals surface area contributed by atoms with E-state index in [4.69, 9.17) is 9.84 Å². The first-order valence-electron chi connectivity index (χ1n) is 8.72. The van der Waals surface area contributed by atoms with Crippen molar-refractivity contribution in [2.45, 2.75) is 49.6 Å². The average Bonchev–Trinajstić information content (AvgIpc) is 3.15. The highest BCUT2D eigenvalue weighted by Crippen LogP contribution is 2.29. The molecule has 1 aliphatic carbocycles. The molecule has 1 heterocycles. The number of benzene rings is 1. The number of methoxy groups -OCH3 is 1. The molecule has 2 N–H and O–H groups in total. The van der Waals surface area contributed by atoms with Crippen LogP contribution >= 0.6 is 0 Å². The minimum atomic E-state index is -4.00. The Hall–Kier alpha value is -2.46. The summed E-state index contributed by atoms with van der Waals surface area (Å²) in [6, 6.07) is 3.97. The van der Waals surface area contributed by atoms with Gasteiger partial charge < -0.3 is 14.4 Å². The molecule has 0 unspecified atom stereocenters. The third kappa shape index (κ3) is 4.28. The summed E-state index contributed by atoms with van der Waals surface area (Å²) in [7, 11) is -2.67. The Morgan fingerprint density at radius 3 is 2.74 bits per heavy atom. The van der Waals surface area contributed by atoms with Gasteiger partial charge in [0.15, 0.2) is 0 Å². The first kappa shape index (κ1) is 19.3. The third-order valence-electron chi connectivity index (χ3n) is 4.74. The maximum absolute atomic E-state index is 12.7. The number of ether oxygens (including phenoxy) is 1. The number of nitrogens with one attached hydrogen (secondary N) is 1. The maximum atomic E-state index is 12.7. The average molecular weight is 394 g/mol. The highest BCUT2D eigenvalue weighted by atomic mass is 32.2. The van der Waals surface area contributed by atoms with Crippen molar-refractivity contribution >= 4 is 16.0 Å². The second kappa shape index (κ2) is 8.05. The van der Waals surface area contributed by atoms with Crippen LogP contribution in [-0.4, -0.2) is 41.4 Å². The van der Waals surface area contributed by atoms with Crippen LogP contribution in [0.2, 0.25) is 0 Å². The molecule has 0 aliphatic heterocycles. The Kier molecular flexibility index (Phi) is 5.76. The van der Waals surface area contributed by atoms with Gasteiger partial charge in [0.2, 0.25) is 10.0 Å². The van der Waals surface area contributed by atoms with E-state index in [-0.39, 0.29) is 28.8 Å². The van der Waals surface area contributed by atoms with Gasteiger partial charge in [-0.25, -0.2) is 17.9 Å². The first-order valence-corrected chi connectivity index (χ1v) is 10.2. The van der Waals surface area contributed by atoms with Crippen LogP contribution in [-0.2, 0) is 16.6 Å². The molecule has 0 spiro atoms. The molecule has 0 amide bonds. The lowest BCUT2D eigenvalue weighted by molar-refractivity contribution is 0.0696. The summed E-state index contributed by atoms with van der Waals surface area (Å²) in [6.07, 6.45) is 7.14. The molecule has 9 nitrogen and oxygen atoms in total. The van der Waals surface area contributed by atoms with Gasteiger partial charge in [-0.05, 0) is 31.0 Å². The molecule has 2 aromatic rings. The molecule has 0 radical (unpaired) electrons. The van der Waals surface area contributed by atoms with Crippen molar-refractivity contribution in [2.75, 3.05) is 7.11 Å². The fraction of sp³-hybridized carbons (Fsp3) is 0.471. The fourth-order valence-electron chi connectivity index (χ4n) is 3.31. The van der Waals surface area contributed by atoms with E-state index >= 15 is 0 Å². The first-order chi connectivity index (χ1) is 12.9. The molecule has 1 aromatic heterocycles. The highest BCUT2D eigenvalue weighted by Gasteiger charge is 2.24. The minimum Gasteiger partial charge on any atom is -0.495 e. The molecule has 0 saturated heterocycles. The van der Waals surface area contributed by atoms with Crippen molar-refractivity contribution in [3.8, 4) is 5.75 Å². The van der Waals surface area contributed by atoms with Gasteiger partial charge in [-0.1, -0.05) is 19.3 Å². The van der Waals surface area contributed by atoms with E-state index in [0.29, 0.717) is 5.82 Å². The number of rotatable bonds is 7. The summed E-state index contributed by atoms with van der Waals surface area (Å²) in [4.78, 5) is 10.9. The molecular weight excluding hydrogens is 372 g/mol. The van der Waals surface area contributed by atoms with Crippen LogP contribution in [0.15, 0.2) is 29.4 Å². The Morgan fingerprint density at radius 1 is 1.33 bits per heavy atom. The molecule has 1 aromatic carbocycles. The van der Waals surface area contributed by atoms with Crippen molar-refractivity contribution < 1.29 is 23.1 Å². The van der Waals surface area contributed by atoms with Crippen LogP contribution in [0.25, 0.3) is 0 Å². The summed E-state index contributed by atoms with van der Waals surface area (Å²) in [5.74, 6) is -0.619. The number of sulfonamides is 1. The molecule has 1 aliphatic rings. The molecular formula is C17H22N4O5S. The van der Waals surface area contributed by atoms with Gasteiger partial charge in [0.25, 0.3) is 0 Å². The van der Waals surface area contributed by atoms with Crippen molar-refractivity contribution in [1.82, 2.24) is 19.5 Å². The number of carboxylic acids is 1. The normalized spacial score (nSPS) is 15.6. The lowest BCUT2D eigenvalue weighted by atomic mass is 9.95. The van der Waals surface area contributed by atoms with Gasteiger partial charge in [0.1, 0.15) is 22.8 Å². The Labute approximate surface area is 157 Å². The summed E-state index contributed by atoms with van der Waals surface area (Å²) in [5, 5.41) is 17.1. The second-order valence-corrected chi connectivity index (χ2v) is 8.18. The molecule has 10 heteroatoms. The Bertz CT molecular complexity index is 919. The standard InChI is InChI=1S/C17H22N4O5S/c1-26-14-8-7-12(17(22)23)9-15(14)27(24,25)19-10-16-20-18-11-21(16)13-5-3-2-4-6-13/h7-9,11,13,19H,2-6,10H2,1H3,(H,22,23). The summed E-state index contributed by atoms with van der Waals surface area (Å²) < 4.78 is 34.9. The van der Waals surface area contributed by atoms with E-state index in [1.54, 1.807) is 6.33 Å². The highest BCUT2D eigenvalue weighted by molar-refractivity contribution is 7.89. The second-order valence-electron chi connectivity index (χ2n) is 6.44. The summed E-state index contributed by atoms with van der Waals surface area (Å²) in [6.45, 7) is -0.0424. The molecule has 27 heavy (non-hydrogen) atoms. The van der Waals surface area contributed by atoms with E-state index < -0.39 is 16.0 Å². The lowest BCUT2D eigenvalue weighted by Gasteiger charge is -2.24. The topological polar surface area (TPSA) is 123 Å². The molecule has 0 bridgehead atoms. The largest absolute Gasteiger partial charge is 0.495 e. The predicted molar refractivity (Wildman–Crippen MR) is 96.1 cm³/mol.